The van der Waals surface area contributed by atoms with Gasteiger partial charge in [0.25, 0.3) is 23.1 Å². The Morgan fingerprint density at radius 1 is 1.06 bits per heavy atom. The molecule has 0 unspecified atom stereocenters. The van der Waals surface area contributed by atoms with Crippen LogP contribution in [0, 0.1) is 17.0 Å². The molecule has 0 aliphatic rings. The molecule has 36 heavy (non-hydrogen) atoms. The lowest BCUT2D eigenvalue weighted by atomic mass is 10.0. The molecule has 1 aromatic heterocycles. The van der Waals surface area contributed by atoms with Crippen LogP contribution in [0.15, 0.2) is 82.7 Å². The van der Waals surface area contributed by atoms with Crippen molar-refractivity contribution in [3.8, 4) is 0 Å². The minimum absolute atomic E-state index is 0.119. The number of aromatic amines is 1. The van der Waals surface area contributed by atoms with E-state index in [1.807, 2.05) is 0 Å². The van der Waals surface area contributed by atoms with Crippen LogP contribution in [0.3, 0.4) is 0 Å². The third-order valence-electron chi connectivity index (χ3n) is 5.42. The van der Waals surface area contributed by atoms with Crippen molar-refractivity contribution in [2.75, 3.05) is 0 Å². The number of fused-ring (bicyclic) bond motifs is 1. The molecule has 4 rings (SSSR count). The van der Waals surface area contributed by atoms with Gasteiger partial charge in [-0.3, -0.25) is 24.5 Å². The minimum atomic E-state index is -1.32. The van der Waals surface area contributed by atoms with Crippen molar-refractivity contribution < 1.29 is 14.5 Å². The van der Waals surface area contributed by atoms with Crippen LogP contribution in [0.5, 0.6) is 0 Å². The number of nitrogens with zero attached hydrogens (tertiary/aromatic N) is 3. The molecule has 180 valence electrons. The molecule has 0 bridgehead atoms. The molecule has 0 aliphatic carbocycles. The Morgan fingerprint density at radius 3 is 2.47 bits per heavy atom. The Balaban J connectivity index is 1.67. The third kappa shape index (κ3) is 5.14. The maximum atomic E-state index is 13.2. The van der Waals surface area contributed by atoms with E-state index < -0.39 is 28.3 Å². The summed E-state index contributed by atoms with van der Waals surface area (Å²) in [6.07, 6.45) is 1.27. The SMILES string of the molecule is Cc1ccc([N+](=O)[O-])cc1C=NNC(=O)[C@H](NC(=O)c1ccccc1)c1n[nH]c(=O)c2ccccc12. The summed E-state index contributed by atoms with van der Waals surface area (Å²) in [5.41, 5.74) is 3.37. The van der Waals surface area contributed by atoms with Crippen molar-refractivity contribution in [2.45, 2.75) is 13.0 Å². The van der Waals surface area contributed by atoms with Crippen molar-refractivity contribution in [2.24, 2.45) is 5.10 Å². The fourth-order valence-corrected chi connectivity index (χ4v) is 3.53. The van der Waals surface area contributed by atoms with Gasteiger partial charge < -0.3 is 5.32 Å². The molecule has 4 aromatic rings. The van der Waals surface area contributed by atoms with E-state index in [0.29, 0.717) is 27.5 Å². The number of benzene rings is 3. The topological polar surface area (TPSA) is 159 Å². The minimum Gasteiger partial charge on any atom is -0.335 e. The number of carbonyl (C=O) groups is 2. The molecule has 2 amide bonds. The van der Waals surface area contributed by atoms with Gasteiger partial charge in [-0.05, 0) is 30.7 Å². The normalized spacial score (nSPS) is 11.8. The van der Waals surface area contributed by atoms with Gasteiger partial charge in [0.15, 0.2) is 6.04 Å². The van der Waals surface area contributed by atoms with E-state index in [2.05, 4.69) is 26.0 Å². The highest BCUT2D eigenvalue weighted by Gasteiger charge is 2.27. The predicted molar refractivity (Wildman–Crippen MR) is 133 cm³/mol. The van der Waals surface area contributed by atoms with E-state index >= 15 is 0 Å². The number of H-pyrrole nitrogens is 1. The fraction of sp³-hybridized carbons (Fsp3) is 0.0800. The Bertz CT molecular complexity index is 1550. The molecule has 3 aromatic carbocycles. The first-order valence-corrected chi connectivity index (χ1v) is 10.8. The number of carbonyl (C=O) groups excluding carboxylic acids is 2. The standard InChI is InChI=1S/C25H20N6O5/c1-15-11-12-18(31(35)36)13-17(15)14-26-29-25(34)22(27-23(32)16-7-3-2-4-8-16)21-19-9-5-6-10-20(19)24(33)30-28-21/h2-14,22H,1H3,(H,27,32)(H,29,34)(H,30,33)/t22-/m1/s1. The molecular formula is C25H20N6O5. The van der Waals surface area contributed by atoms with E-state index in [-0.39, 0.29) is 11.4 Å². The Labute approximate surface area is 204 Å². The highest BCUT2D eigenvalue weighted by molar-refractivity contribution is 5.99. The fourth-order valence-electron chi connectivity index (χ4n) is 3.53. The van der Waals surface area contributed by atoms with Crippen molar-refractivity contribution in [3.63, 3.8) is 0 Å². The molecule has 0 aliphatic heterocycles. The number of hydrogen-bond donors (Lipinski definition) is 3. The van der Waals surface area contributed by atoms with Gasteiger partial charge in [0, 0.05) is 28.6 Å². The maximum absolute atomic E-state index is 13.2. The van der Waals surface area contributed by atoms with Crippen molar-refractivity contribution in [1.82, 2.24) is 20.9 Å². The van der Waals surface area contributed by atoms with Gasteiger partial charge in [-0.2, -0.15) is 10.2 Å². The van der Waals surface area contributed by atoms with E-state index in [1.165, 1.54) is 18.3 Å². The second kappa shape index (κ2) is 10.4. The van der Waals surface area contributed by atoms with Gasteiger partial charge in [-0.1, -0.05) is 42.5 Å². The molecule has 0 saturated carbocycles. The van der Waals surface area contributed by atoms with Crippen LogP contribution in [-0.4, -0.2) is 33.1 Å². The second-order valence-corrected chi connectivity index (χ2v) is 7.79. The summed E-state index contributed by atoms with van der Waals surface area (Å²) in [5.74, 6) is -1.27. The first-order valence-electron chi connectivity index (χ1n) is 10.8. The van der Waals surface area contributed by atoms with Gasteiger partial charge in [-0.15, -0.1) is 0 Å². The van der Waals surface area contributed by atoms with Gasteiger partial charge in [0.1, 0.15) is 5.69 Å². The smallest absolute Gasteiger partial charge is 0.272 e. The summed E-state index contributed by atoms with van der Waals surface area (Å²) in [4.78, 5) is 48.9. The number of aryl methyl sites for hydroxylation is 1. The summed E-state index contributed by atoms with van der Waals surface area (Å²) in [6, 6.07) is 17.8. The molecule has 3 N–H and O–H groups in total. The molecule has 11 nitrogen and oxygen atoms in total. The number of nitrogens with one attached hydrogen (secondary N) is 3. The number of hydrazone groups is 1. The summed E-state index contributed by atoms with van der Waals surface area (Å²) in [7, 11) is 0. The van der Waals surface area contributed by atoms with Crippen LogP contribution in [0.4, 0.5) is 5.69 Å². The van der Waals surface area contributed by atoms with Gasteiger partial charge in [0.05, 0.1) is 16.5 Å². The monoisotopic (exact) mass is 484 g/mol. The first kappa shape index (κ1) is 24.0. The molecule has 0 saturated heterocycles. The highest BCUT2D eigenvalue weighted by Crippen LogP contribution is 2.21. The predicted octanol–water partition coefficient (Wildman–Crippen LogP) is 2.76. The van der Waals surface area contributed by atoms with E-state index in [0.717, 1.165) is 0 Å². The second-order valence-electron chi connectivity index (χ2n) is 7.79. The lowest BCUT2D eigenvalue weighted by molar-refractivity contribution is -0.384. The Kier molecular flexibility index (Phi) is 6.91. The van der Waals surface area contributed by atoms with Crippen LogP contribution in [0.25, 0.3) is 10.8 Å². The molecule has 0 radical (unpaired) electrons. The van der Waals surface area contributed by atoms with Gasteiger partial charge in [-0.25, -0.2) is 10.5 Å². The van der Waals surface area contributed by atoms with E-state index in [9.17, 15) is 24.5 Å². The lowest BCUT2D eigenvalue weighted by Crippen LogP contribution is -2.40. The molecule has 11 heteroatoms. The Hall–Kier alpha value is -5.19. The van der Waals surface area contributed by atoms with E-state index in [1.54, 1.807) is 67.6 Å². The average molecular weight is 484 g/mol. The zero-order valence-corrected chi connectivity index (χ0v) is 19.0. The zero-order chi connectivity index (χ0) is 25.7. The number of aromatic nitrogens is 2. The number of rotatable bonds is 7. The van der Waals surface area contributed by atoms with Gasteiger partial charge in [0.2, 0.25) is 0 Å². The zero-order valence-electron chi connectivity index (χ0n) is 19.0. The number of nitro groups is 1. The quantitative estimate of drug-likeness (QED) is 0.208. The Morgan fingerprint density at radius 2 is 1.75 bits per heavy atom. The molecule has 1 heterocycles. The highest BCUT2D eigenvalue weighted by atomic mass is 16.6. The van der Waals surface area contributed by atoms with E-state index in [4.69, 9.17) is 0 Å². The van der Waals surface area contributed by atoms with Crippen LogP contribution < -0.4 is 16.3 Å². The molecular weight excluding hydrogens is 464 g/mol. The van der Waals surface area contributed by atoms with Crippen molar-refractivity contribution in [1.29, 1.82) is 0 Å². The van der Waals surface area contributed by atoms with Crippen molar-refractivity contribution in [3.05, 3.63) is 116 Å². The molecule has 0 spiro atoms. The average Bonchev–Trinajstić information content (AvgIpc) is 2.89. The summed E-state index contributed by atoms with van der Waals surface area (Å²) < 4.78 is 0. The van der Waals surface area contributed by atoms with Crippen LogP contribution in [0.2, 0.25) is 0 Å². The number of nitro benzene ring substituents is 1. The van der Waals surface area contributed by atoms with Crippen LogP contribution in [0.1, 0.15) is 33.2 Å². The largest absolute Gasteiger partial charge is 0.335 e. The number of hydrogen-bond acceptors (Lipinski definition) is 7. The van der Waals surface area contributed by atoms with Crippen LogP contribution in [-0.2, 0) is 4.79 Å². The maximum Gasteiger partial charge on any atom is 0.272 e. The number of non-ortho nitro benzene ring substituents is 1. The summed E-state index contributed by atoms with van der Waals surface area (Å²) in [6.45, 7) is 1.74. The third-order valence-corrected chi connectivity index (χ3v) is 5.42. The lowest BCUT2D eigenvalue weighted by Gasteiger charge is -2.18. The van der Waals surface area contributed by atoms with Gasteiger partial charge >= 0.3 is 0 Å². The van der Waals surface area contributed by atoms with Crippen LogP contribution >= 0.6 is 0 Å². The number of amides is 2. The molecule has 0 fully saturated rings. The summed E-state index contributed by atoms with van der Waals surface area (Å²) in [5, 5.41) is 24.7. The summed E-state index contributed by atoms with van der Waals surface area (Å²) >= 11 is 0. The first-order chi connectivity index (χ1) is 17.3. The molecule has 1 atom stereocenters. The van der Waals surface area contributed by atoms with Crippen molar-refractivity contribution >= 4 is 34.5 Å².